The smallest absolute Gasteiger partial charge is 0.328 e. The van der Waals surface area contributed by atoms with Gasteiger partial charge in [0.25, 0.3) is 0 Å². The Morgan fingerprint density at radius 1 is 1.25 bits per heavy atom. The molecule has 0 aliphatic rings. The lowest BCUT2D eigenvalue weighted by Crippen LogP contribution is -2.11. The Morgan fingerprint density at radius 2 is 1.95 bits per heavy atom. The molecule has 1 unspecified atom stereocenters. The van der Waals surface area contributed by atoms with Crippen molar-refractivity contribution >= 4 is 12.0 Å². The fraction of sp³-hybridized carbons (Fsp3) is 0.471. The number of hydrogen-bond acceptors (Lipinski definition) is 2. The summed E-state index contributed by atoms with van der Waals surface area (Å²) in [6.07, 6.45) is 9.00. The zero-order chi connectivity index (χ0) is 14.8. The maximum absolute atomic E-state index is 10.4. The molecule has 1 atom stereocenters. The largest absolute Gasteiger partial charge is 0.491 e. The third-order valence-electron chi connectivity index (χ3n) is 3.10. The van der Waals surface area contributed by atoms with Gasteiger partial charge >= 0.3 is 5.97 Å². The van der Waals surface area contributed by atoms with Crippen LogP contribution in [0.5, 0.6) is 5.75 Å². The summed E-state index contributed by atoms with van der Waals surface area (Å²) in [6, 6.07) is 7.48. The summed E-state index contributed by atoms with van der Waals surface area (Å²) in [4.78, 5) is 10.4. The number of rotatable bonds is 9. The van der Waals surface area contributed by atoms with E-state index in [9.17, 15) is 4.79 Å². The van der Waals surface area contributed by atoms with Crippen LogP contribution in [0.25, 0.3) is 6.08 Å². The number of aliphatic carboxylic acids is 1. The van der Waals surface area contributed by atoms with Crippen LogP contribution in [0.2, 0.25) is 0 Å². The Hall–Kier alpha value is -1.77. The number of benzene rings is 1. The van der Waals surface area contributed by atoms with Gasteiger partial charge in [0.1, 0.15) is 5.75 Å². The van der Waals surface area contributed by atoms with Crippen LogP contribution < -0.4 is 4.74 Å². The predicted octanol–water partition coefficient (Wildman–Crippen LogP) is 4.52. The van der Waals surface area contributed by atoms with Crippen molar-refractivity contribution < 1.29 is 14.6 Å². The van der Waals surface area contributed by atoms with Gasteiger partial charge in [-0.05, 0) is 43.5 Å². The molecule has 0 radical (unpaired) electrons. The molecule has 3 heteroatoms. The van der Waals surface area contributed by atoms with Gasteiger partial charge in [-0.1, -0.05) is 38.3 Å². The van der Waals surface area contributed by atoms with Crippen LogP contribution in [0.3, 0.4) is 0 Å². The van der Waals surface area contributed by atoms with E-state index in [0.29, 0.717) is 0 Å². The van der Waals surface area contributed by atoms with Crippen molar-refractivity contribution in [3.8, 4) is 5.75 Å². The van der Waals surface area contributed by atoms with Gasteiger partial charge in [0.15, 0.2) is 0 Å². The van der Waals surface area contributed by atoms with Gasteiger partial charge in [0.05, 0.1) is 6.10 Å². The van der Waals surface area contributed by atoms with Crippen LogP contribution in [0.4, 0.5) is 0 Å². The number of unbranched alkanes of at least 4 members (excludes halogenated alkanes) is 3. The van der Waals surface area contributed by atoms with E-state index in [1.54, 1.807) is 6.08 Å². The number of carboxylic acids is 1. The van der Waals surface area contributed by atoms with Gasteiger partial charge in [0.2, 0.25) is 0 Å². The van der Waals surface area contributed by atoms with Crippen molar-refractivity contribution in [1.29, 1.82) is 0 Å². The summed E-state index contributed by atoms with van der Waals surface area (Å²) in [7, 11) is 0. The lowest BCUT2D eigenvalue weighted by atomic mass is 10.1. The third kappa shape index (κ3) is 6.98. The SMILES string of the molecule is CCCCCCC(C)Oc1ccc(/C=C/C(=O)O)cc1. The molecule has 0 amide bonds. The highest BCUT2D eigenvalue weighted by Gasteiger charge is 2.03. The molecule has 0 aromatic heterocycles. The number of ether oxygens (including phenoxy) is 1. The summed E-state index contributed by atoms with van der Waals surface area (Å²) in [5, 5.41) is 8.56. The molecule has 1 N–H and O–H groups in total. The fourth-order valence-electron chi connectivity index (χ4n) is 1.97. The predicted molar refractivity (Wildman–Crippen MR) is 82.0 cm³/mol. The van der Waals surface area contributed by atoms with Crippen LogP contribution in [0, 0.1) is 0 Å². The Bertz CT molecular complexity index is 420. The number of carbonyl (C=O) groups is 1. The monoisotopic (exact) mass is 276 g/mol. The zero-order valence-corrected chi connectivity index (χ0v) is 12.3. The number of hydrogen-bond donors (Lipinski definition) is 1. The zero-order valence-electron chi connectivity index (χ0n) is 12.3. The second-order valence-corrected chi connectivity index (χ2v) is 5.02. The van der Waals surface area contributed by atoms with Gasteiger partial charge < -0.3 is 9.84 Å². The van der Waals surface area contributed by atoms with E-state index in [2.05, 4.69) is 13.8 Å². The summed E-state index contributed by atoms with van der Waals surface area (Å²) < 4.78 is 5.83. The third-order valence-corrected chi connectivity index (χ3v) is 3.10. The van der Waals surface area contributed by atoms with E-state index in [0.717, 1.165) is 23.8 Å². The van der Waals surface area contributed by atoms with Crippen molar-refractivity contribution in [3.63, 3.8) is 0 Å². The molecule has 0 saturated carbocycles. The Kier molecular flexibility index (Phi) is 7.48. The van der Waals surface area contributed by atoms with Gasteiger partial charge in [-0.25, -0.2) is 4.79 Å². The van der Waals surface area contributed by atoms with E-state index in [4.69, 9.17) is 9.84 Å². The highest BCUT2D eigenvalue weighted by Crippen LogP contribution is 2.17. The topological polar surface area (TPSA) is 46.5 Å². The minimum atomic E-state index is -0.939. The molecule has 1 rings (SSSR count). The molecule has 1 aromatic carbocycles. The van der Waals surface area contributed by atoms with Crippen LogP contribution >= 0.6 is 0 Å². The first-order valence-electron chi connectivity index (χ1n) is 7.29. The molecule has 0 heterocycles. The first-order chi connectivity index (χ1) is 9.61. The van der Waals surface area contributed by atoms with Crippen LogP contribution in [-0.4, -0.2) is 17.2 Å². The van der Waals surface area contributed by atoms with Crippen molar-refractivity contribution in [2.75, 3.05) is 0 Å². The highest BCUT2D eigenvalue weighted by molar-refractivity contribution is 5.85. The second-order valence-electron chi connectivity index (χ2n) is 5.02. The maximum Gasteiger partial charge on any atom is 0.328 e. The van der Waals surface area contributed by atoms with Crippen molar-refractivity contribution in [3.05, 3.63) is 35.9 Å². The van der Waals surface area contributed by atoms with Crippen molar-refractivity contribution in [2.45, 2.75) is 52.1 Å². The van der Waals surface area contributed by atoms with E-state index >= 15 is 0 Å². The van der Waals surface area contributed by atoms with E-state index in [-0.39, 0.29) is 6.10 Å². The van der Waals surface area contributed by atoms with Gasteiger partial charge in [0, 0.05) is 6.08 Å². The average molecular weight is 276 g/mol. The quantitative estimate of drug-likeness (QED) is 0.532. The molecular weight excluding hydrogens is 252 g/mol. The second kappa shape index (κ2) is 9.18. The minimum Gasteiger partial charge on any atom is -0.491 e. The number of carboxylic acid groups (broad SMARTS) is 1. The molecular formula is C17H24O3. The molecule has 0 saturated heterocycles. The van der Waals surface area contributed by atoms with Crippen LogP contribution in [0.1, 0.15) is 51.5 Å². The lowest BCUT2D eigenvalue weighted by molar-refractivity contribution is -0.131. The first-order valence-corrected chi connectivity index (χ1v) is 7.29. The molecule has 0 fully saturated rings. The van der Waals surface area contributed by atoms with Crippen molar-refractivity contribution in [1.82, 2.24) is 0 Å². The van der Waals surface area contributed by atoms with Gasteiger partial charge in [-0.15, -0.1) is 0 Å². The van der Waals surface area contributed by atoms with E-state index in [1.165, 1.54) is 25.7 Å². The molecule has 0 bridgehead atoms. The van der Waals surface area contributed by atoms with Crippen molar-refractivity contribution in [2.24, 2.45) is 0 Å². The maximum atomic E-state index is 10.4. The van der Waals surface area contributed by atoms with Crippen LogP contribution in [0.15, 0.2) is 30.3 Å². The molecule has 1 aromatic rings. The normalized spacial score (nSPS) is 12.5. The van der Waals surface area contributed by atoms with Gasteiger partial charge in [-0.3, -0.25) is 0 Å². The summed E-state index contributed by atoms with van der Waals surface area (Å²) >= 11 is 0. The summed E-state index contributed by atoms with van der Waals surface area (Å²) in [6.45, 7) is 4.30. The average Bonchev–Trinajstić information content (AvgIpc) is 2.43. The lowest BCUT2D eigenvalue weighted by Gasteiger charge is -2.14. The highest BCUT2D eigenvalue weighted by atomic mass is 16.5. The molecule has 0 aliphatic heterocycles. The van der Waals surface area contributed by atoms with Gasteiger partial charge in [-0.2, -0.15) is 0 Å². The van der Waals surface area contributed by atoms with E-state index in [1.807, 2.05) is 24.3 Å². The van der Waals surface area contributed by atoms with E-state index < -0.39 is 5.97 Å². The summed E-state index contributed by atoms with van der Waals surface area (Å²) in [5.41, 5.74) is 0.857. The summed E-state index contributed by atoms with van der Waals surface area (Å²) in [5.74, 6) is -0.105. The molecule has 110 valence electrons. The molecule has 0 spiro atoms. The fourth-order valence-corrected chi connectivity index (χ4v) is 1.97. The molecule has 20 heavy (non-hydrogen) atoms. The Morgan fingerprint density at radius 3 is 2.55 bits per heavy atom. The molecule has 3 nitrogen and oxygen atoms in total. The first kappa shape index (κ1) is 16.3. The van der Waals surface area contributed by atoms with Crippen LogP contribution in [-0.2, 0) is 4.79 Å². The Labute approximate surface area is 121 Å². The Balaban J connectivity index is 2.38. The standard InChI is InChI=1S/C17H24O3/c1-3-4-5-6-7-14(2)20-16-11-8-15(9-12-16)10-13-17(18)19/h8-14H,3-7H2,1-2H3,(H,18,19)/b13-10+. The molecule has 0 aliphatic carbocycles. The minimum absolute atomic E-state index is 0.215.